The molecule has 0 spiro atoms. The lowest BCUT2D eigenvalue weighted by molar-refractivity contribution is -0.397. The fourth-order valence-corrected chi connectivity index (χ4v) is 3.38. The summed E-state index contributed by atoms with van der Waals surface area (Å²) in [6.45, 7) is 1.12. The standard InChI is InChI=1S/C16H28O11/c1-2-3-4-15(24)11(21)9(6-18)25-14(13(15)23)27-16(7-19)12(22)10(20)8(5-17)26-16/h2,8-14,17-24H,1,3-7H2/t8-,9-,10+,11+,12+,13-,14+,15+,16+/m0/s1. The number of ether oxygens (including phenoxy) is 3. The fraction of sp³-hybridized carbons (Fsp3) is 0.875. The monoisotopic (exact) mass is 396 g/mol. The lowest BCUT2D eigenvalue weighted by Crippen LogP contribution is -2.69. The highest BCUT2D eigenvalue weighted by atomic mass is 16.8. The van der Waals surface area contributed by atoms with E-state index in [4.69, 9.17) is 14.2 Å². The van der Waals surface area contributed by atoms with E-state index in [0.29, 0.717) is 0 Å². The van der Waals surface area contributed by atoms with Gasteiger partial charge in [0.15, 0.2) is 6.29 Å². The van der Waals surface area contributed by atoms with Crippen LogP contribution in [0.3, 0.4) is 0 Å². The Kier molecular flexibility index (Phi) is 7.33. The van der Waals surface area contributed by atoms with E-state index in [1.807, 2.05) is 0 Å². The molecule has 2 aliphatic heterocycles. The summed E-state index contributed by atoms with van der Waals surface area (Å²) in [6.07, 6.45) is -9.76. The van der Waals surface area contributed by atoms with Crippen LogP contribution in [0.5, 0.6) is 0 Å². The lowest BCUT2D eigenvalue weighted by atomic mass is 9.80. The van der Waals surface area contributed by atoms with Gasteiger partial charge in [0.2, 0.25) is 5.79 Å². The number of rotatable bonds is 8. The molecule has 2 fully saturated rings. The van der Waals surface area contributed by atoms with Crippen molar-refractivity contribution >= 4 is 0 Å². The van der Waals surface area contributed by atoms with Crippen molar-refractivity contribution in [2.24, 2.45) is 0 Å². The molecule has 2 saturated heterocycles. The van der Waals surface area contributed by atoms with Crippen molar-refractivity contribution in [3.05, 3.63) is 12.7 Å². The van der Waals surface area contributed by atoms with Crippen LogP contribution in [0.25, 0.3) is 0 Å². The first-order valence-corrected chi connectivity index (χ1v) is 8.60. The molecule has 0 radical (unpaired) electrons. The highest BCUT2D eigenvalue weighted by Crippen LogP contribution is 2.39. The molecule has 0 aromatic heterocycles. The Balaban J connectivity index is 2.29. The first-order valence-electron chi connectivity index (χ1n) is 8.60. The van der Waals surface area contributed by atoms with Crippen molar-refractivity contribution in [3.63, 3.8) is 0 Å². The van der Waals surface area contributed by atoms with Gasteiger partial charge in [0.25, 0.3) is 0 Å². The zero-order valence-electron chi connectivity index (χ0n) is 14.7. The van der Waals surface area contributed by atoms with Gasteiger partial charge in [-0.3, -0.25) is 0 Å². The van der Waals surface area contributed by atoms with Crippen LogP contribution in [0.1, 0.15) is 12.8 Å². The van der Waals surface area contributed by atoms with E-state index < -0.39 is 74.1 Å². The molecule has 0 aromatic carbocycles. The summed E-state index contributed by atoms with van der Waals surface area (Å²) in [6, 6.07) is 0. The van der Waals surface area contributed by atoms with Gasteiger partial charge in [0.05, 0.1) is 13.2 Å². The Bertz CT molecular complexity index is 505. The third-order valence-electron chi connectivity index (χ3n) is 5.09. The van der Waals surface area contributed by atoms with Gasteiger partial charge >= 0.3 is 0 Å². The predicted molar refractivity (Wildman–Crippen MR) is 87.0 cm³/mol. The highest BCUT2D eigenvalue weighted by molar-refractivity contribution is 5.04. The van der Waals surface area contributed by atoms with Crippen LogP contribution >= 0.6 is 0 Å². The van der Waals surface area contributed by atoms with Crippen LogP contribution in [0.4, 0.5) is 0 Å². The number of hydrogen-bond donors (Lipinski definition) is 8. The summed E-state index contributed by atoms with van der Waals surface area (Å²) in [7, 11) is 0. The Morgan fingerprint density at radius 3 is 2.07 bits per heavy atom. The summed E-state index contributed by atoms with van der Waals surface area (Å²) < 4.78 is 15.9. The zero-order valence-corrected chi connectivity index (χ0v) is 14.7. The van der Waals surface area contributed by atoms with Crippen molar-refractivity contribution in [3.8, 4) is 0 Å². The Morgan fingerprint density at radius 1 is 0.963 bits per heavy atom. The summed E-state index contributed by atoms with van der Waals surface area (Å²) in [5.41, 5.74) is -2.15. The fourth-order valence-electron chi connectivity index (χ4n) is 3.38. The van der Waals surface area contributed by atoms with Gasteiger partial charge in [-0.2, -0.15) is 0 Å². The van der Waals surface area contributed by atoms with Gasteiger partial charge in [0, 0.05) is 0 Å². The van der Waals surface area contributed by atoms with Gasteiger partial charge < -0.3 is 55.1 Å². The molecular weight excluding hydrogens is 368 g/mol. The minimum atomic E-state index is -2.26. The highest BCUT2D eigenvalue weighted by Gasteiger charge is 2.61. The van der Waals surface area contributed by atoms with Crippen LogP contribution in [0.15, 0.2) is 12.7 Å². The van der Waals surface area contributed by atoms with E-state index >= 15 is 0 Å². The molecule has 0 aromatic rings. The second-order valence-corrected chi connectivity index (χ2v) is 6.80. The van der Waals surface area contributed by atoms with Gasteiger partial charge in [-0.1, -0.05) is 6.08 Å². The van der Waals surface area contributed by atoms with Gasteiger partial charge in [-0.05, 0) is 12.8 Å². The van der Waals surface area contributed by atoms with Crippen molar-refractivity contribution in [2.45, 2.75) is 67.1 Å². The molecule has 2 rings (SSSR count). The van der Waals surface area contributed by atoms with Crippen LogP contribution in [0, 0.1) is 0 Å². The minimum Gasteiger partial charge on any atom is -0.394 e. The quantitative estimate of drug-likeness (QED) is 0.186. The first kappa shape index (κ1) is 22.6. The third kappa shape index (κ3) is 3.91. The zero-order chi connectivity index (χ0) is 20.4. The number of aliphatic hydroxyl groups excluding tert-OH is 7. The molecule has 0 aliphatic carbocycles. The van der Waals surface area contributed by atoms with Crippen LogP contribution in [-0.2, 0) is 14.2 Å². The van der Waals surface area contributed by atoms with Crippen molar-refractivity contribution in [1.82, 2.24) is 0 Å². The van der Waals surface area contributed by atoms with Crippen LogP contribution in [-0.4, -0.2) is 115 Å². The van der Waals surface area contributed by atoms with E-state index in [1.54, 1.807) is 0 Å². The molecule has 0 bridgehead atoms. The molecule has 8 N–H and O–H groups in total. The summed E-state index contributed by atoms with van der Waals surface area (Å²) in [5.74, 6) is -2.26. The third-order valence-corrected chi connectivity index (χ3v) is 5.09. The molecule has 11 nitrogen and oxygen atoms in total. The van der Waals surface area contributed by atoms with Crippen LogP contribution in [0.2, 0.25) is 0 Å². The van der Waals surface area contributed by atoms with E-state index in [9.17, 15) is 40.9 Å². The molecule has 27 heavy (non-hydrogen) atoms. The van der Waals surface area contributed by atoms with Gasteiger partial charge in [-0.25, -0.2) is 0 Å². The molecule has 0 saturated carbocycles. The topological polar surface area (TPSA) is 190 Å². The smallest absolute Gasteiger partial charge is 0.224 e. The maximum absolute atomic E-state index is 10.8. The first-order chi connectivity index (χ1) is 12.7. The number of aliphatic hydroxyl groups is 8. The molecule has 2 aliphatic rings. The molecule has 11 heteroatoms. The molecular formula is C16H28O11. The number of allylic oxidation sites excluding steroid dienone is 1. The van der Waals surface area contributed by atoms with Crippen LogP contribution < -0.4 is 0 Å². The maximum atomic E-state index is 10.8. The van der Waals surface area contributed by atoms with Gasteiger partial charge in [0.1, 0.15) is 48.8 Å². The van der Waals surface area contributed by atoms with E-state index in [2.05, 4.69) is 6.58 Å². The number of hydrogen-bond acceptors (Lipinski definition) is 11. The summed E-state index contributed by atoms with van der Waals surface area (Å²) in [4.78, 5) is 0. The molecule has 0 amide bonds. The summed E-state index contributed by atoms with van der Waals surface area (Å²) >= 11 is 0. The summed E-state index contributed by atoms with van der Waals surface area (Å²) in [5, 5.41) is 80.0. The maximum Gasteiger partial charge on any atom is 0.224 e. The van der Waals surface area contributed by atoms with E-state index in [1.165, 1.54) is 6.08 Å². The second-order valence-electron chi connectivity index (χ2n) is 6.80. The predicted octanol–water partition coefficient (Wildman–Crippen LogP) is -4.06. The van der Waals surface area contributed by atoms with Crippen molar-refractivity contribution in [1.29, 1.82) is 0 Å². The minimum absolute atomic E-state index is 0.143. The molecule has 9 atom stereocenters. The van der Waals surface area contributed by atoms with E-state index in [0.717, 1.165) is 0 Å². The van der Waals surface area contributed by atoms with Crippen molar-refractivity contribution < 1.29 is 55.1 Å². The SMILES string of the molecule is C=CCC[C@@]1(O)[C@H](O)[C@H](CO)O[C@H](O[C@@]2(CO)O[C@@H](CO)[C@@H](O)[C@H]2O)[C@@H]1O. The molecule has 2 heterocycles. The molecule has 0 unspecified atom stereocenters. The largest absolute Gasteiger partial charge is 0.394 e. The lowest BCUT2D eigenvalue weighted by Gasteiger charge is -2.49. The van der Waals surface area contributed by atoms with E-state index in [-0.39, 0.29) is 12.8 Å². The Morgan fingerprint density at radius 2 is 1.59 bits per heavy atom. The Labute approximate surface area is 155 Å². The Hall–Kier alpha value is -0.700. The normalized spacial score (nSPS) is 47.9. The van der Waals surface area contributed by atoms with Crippen molar-refractivity contribution in [2.75, 3.05) is 19.8 Å². The average molecular weight is 396 g/mol. The molecule has 158 valence electrons. The second kappa shape index (κ2) is 8.76. The average Bonchev–Trinajstić information content (AvgIpc) is 2.92. The van der Waals surface area contributed by atoms with Gasteiger partial charge in [-0.15, -0.1) is 6.58 Å².